The van der Waals surface area contributed by atoms with Crippen LogP contribution in [0.3, 0.4) is 0 Å². The molecule has 0 amide bonds. The minimum Gasteiger partial charge on any atom is -0.381 e. The van der Waals surface area contributed by atoms with E-state index in [9.17, 15) is 0 Å². The first-order valence-electron chi connectivity index (χ1n) is 6.08. The van der Waals surface area contributed by atoms with Crippen LogP contribution in [0.4, 0.5) is 0 Å². The highest BCUT2D eigenvalue weighted by Gasteiger charge is 2.17. The molecule has 3 rings (SSSR count). The van der Waals surface area contributed by atoms with Gasteiger partial charge in [0.1, 0.15) is 6.33 Å². The summed E-state index contributed by atoms with van der Waals surface area (Å²) < 4.78 is 8.55. The lowest BCUT2D eigenvalue weighted by atomic mass is 10.1. The van der Waals surface area contributed by atoms with Crippen LogP contribution in [0.15, 0.2) is 30.6 Å². The molecule has 5 heteroatoms. The van der Waals surface area contributed by atoms with Crippen molar-refractivity contribution in [3.8, 4) is 11.4 Å². The number of nitrogens with zero attached hydrogens (tertiary/aromatic N) is 3. The Morgan fingerprint density at radius 2 is 2.11 bits per heavy atom. The maximum Gasteiger partial charge on any atom is 0.181 e. The quantitative estimate of drug-likeness (QED) is 0.778. The largest absolute Gasteiger partial charge is 0.381 e. The Bertz CT molecular complexity index is 535. The van der Waals surface area contributed by atoms with E-state index in [1.54, 1.807) is 0 Å². The molecule has 1 aliphatic rings. The van der Waals surface area contributed by atoms with Crippen LogP contribution in [0, 0.1) is 3.57 Å². The Morgan fingerprint density at radius 1 is 1.28 bits per heavy atom. The van der Waals surface area contributed by atoms with E-state index in [4.69, 9.17) is 4.74 Å². The van der Waals surface area contributed by atoms with E-state index in [0.29, 0.717) is 6.04 Å². The average molecular weight is 355 g/mol. The highest BCUT2D eigenvalue weighted by molar-refractivity contribution is 14.1. The first kappa shape index (κ1) is 12.1. The molecule has 2 heterocycles. The molecule has 0 bridgehead atoms. The van der Waals surface area contributed by atoms with Crippen LogP contribution in [0.2, 0.25) is 0 Å². The maximum absolute atomic E-state index is 5.37. The molecule has 1 fully saturated rings. The van der Waals surface area contributed by atoms with Gasteiger partial charge in [0.25, 0.3) is 0 Å². The predicted octanol–water partition coefficient (Wildman–Crippen LogP) is 2.90. The standard InChI is InChI=1S/C13H14IN3O/c14-11-3-1-2-10(8-11)13-15-9-17(16-13)12-4-6-18-7-5-12/h1-3,8-9,12H,4-7H2. The molecule has 0 N–H and O–H groups in total. The SMILES string of the molecule is Ic1cccc(-c2ncn(C3CCOCC3)n2)c1. The topological polar surface area (TPSA) is 39.9 Å². The molecular formula is C13H14IN3O. The van der Waals surface area contributed by atoms with Gasteiger partial charge in [0.15, 0.2) is 5.82 Å². The van der Waals surface area contributed by atoms with Crippen molar-refractivity contribution in [1.29, 1.82) is 0 Å². The second kappa shape index (κ2) is 5.36. The van der Waals surface area contributed by atoms with Crippen LogP contribution in [0.5, 0.6) is 0 Å². The summed E-state index contributed by atoms with van der Waals surface area (Å²) in [6.45, 7) is 1.65. The van der Waals surface area contributed by atoms with Crippen molar-refractivity contribution in [2.75, 3.05) is 13.2 Å². The Kier molecular flexibility index (Phi) is 3.60. The van der Waals surface area contributed by atoms with Crippen LogP contribution in [0.25, 0.3) is 11.4 Å². The molecule has 0 unspecified atom stereocenters. The van der Waals surface area contributed by atoms with Gasteiger partial charge in [0.2, 0.25) is 0 Å². The molecule has 1 saturated heterocycles. The maximum atomic E-state index is 5.37. The second-order valence-electron chi connectivity index (χ2n) is 4.40. The van der Waals surface area contributed by atoms with E-state index in [1.165, 1.54) is 3.57 Å². The van der Waals surface area contributed by atoms with Gasteiger partial charge in [0.05, 0.1) is 6.04 Å². The Hall–Kier alpha value is -0.950. The molecule has 94 valence electrons. The molecule has 2 aromatic rings. The van der Waals surface area contributed by atoms with Gasteiger partial charge in [0, 0.05) is 22.3 Å². The molecule has 1 aromatic carbocycles. The Labute approximate surface area is 120 Å². The van der Waals surface area contributed by atoms with E-state index in [1.807, 2.05) is 23.1 Å². The number of hydrogen-bond donors (Lipinski definition) is 0. The molecule has 18 heavy (non-hydrogen) atoms. The summed E-state index contributed by atoms with van der Waals surface area (Å²) >= 11 is 2.30. The molecule has 0 radical (unpaired) electrons. The molecular weight excluding hydrogens is 341 g/mol. The van der Waals surface area contributed by atoms with Crippen LogP contribution >= 0.6 is 22.6 Å². The van der Waals surface area contributed by atoms with Crippen LogP contribution in [0.1, 0.15) is 18.9 Å². The van der Waals surface area contributed by atoms with Crippen molar-refractivity contribution >= 4 is 22.6 Å². The van der Waals surface area contributed by atoms with Gasteiger partial charge in [-0.2, -0.15) is 5.10 Å². The molecule has 1 aliphatic heterocycles. The zero-order valence-corrected chi connectivity index (χ0v) is 12.1. The number of aromatic nitrogens is 3. The molecule has 1 aromatic heterocycles. The third kappa shape index (κ3) is 2.56. The Balaban J connectivity index is 1.84. The first-order valence-corrected chi connectivity index (χ1v) is 7.15. The summed E-state index contributed by atoms with van der Waals surface area (Å²) in [6, 6.07) is 8.68. The zero-order valence-electron chi connectivity index (χ0n) is 9.92. The monoisotopic (exact) mass is 355 g/mol. The van der Waals surface area contributed by atoms with Gasteiger partial charge >= 0.3 is 0 Å². The van der Waals surface area contributed by atoms with Crippen molar-refractivity contribution in [1.82, 2.24) is 14.8 Å². The number of ether oxygens (including phenoxy) is 1. The third-order valence-corrected chi connectivity index (χ3v) is 3.83. The van der Waals surface area contributed by atoms with Crippen LogP contribution < -0.4 is 0 Å². The van der Waals surface area contributed by atoms with Gasteiger partial charge in [-0.25, -0.2) is 9.67 Å². The van der Waals surface area contributed by atoms with E-state index >= 15 is 0 Å². The smallest absolute Gasteiger partial charge is 0.181 e. The minimum absolute atomic E-state index is 0.433. The van der Waals surface area contributed by atoms with Crippen molar-refractivity contribution in [2.24, 2.45) is 0 Å². The Morgan fingerprint density at radius 3 is 2.89 bits per heavy atom. The van der Waals surface area contributed by atoms with Gasteiger partial charge < -0.3 is 4.74 Å². The highest BCUT2D eigenvalue weighted by atomic mass is 127. The third-order valence-electron chi connectivity index (χ3n) is 3.16. The van der Waals surface area contributed by atoms with Crippen molar-refractivity contribution in [3.63, 3.8) is 0 Å². The highest BCUT2D eigenvalue weighted by Crippen LogP contribution is 2.22. The minimum atomic E-state index is 0.433. The summed E-state index contributed by atoms with van der Waals surface area (Å²) in [5.41, 5.74) is 1.08. The van der Waals surface area contributed by atoms with Crippen molar-refractivity contribution in [3.05, 3.63) is 34.2 Å². The normalized spacial score (nSPS) is 16.9. The molecule has 4 nitrogen and oxygen atoms in total. The molecule has 0 atom stereocenters. The number of halogens is 1. The average Bonchev–Trinajstić information content (AvgIpc) is 2.89. The lowest BCUT2D eigenvalue weighted by molar-refractivity contribution is 0.0662. The van der Waals surface area contributed by atoms with E-state index in [2.05, 4.69) is 44.8 Å². The fraction of sp³-hybridized carbons (Fsp3) is 0.385. The second-order valence-corrected chi connectivity index (χ2v) is 5.65. The van der Waals surface area contributed by atoms with Crippen LogP contribution in [-0.4, -0.2) is 28.0 Å². The first-order chi connectivity index (χ1) is 8.83. The van der Waals surface area contributed by atoms with Gasteiger partial charge in [-0.15, -0.1) is 0 Å². The summed E-state index contributed by atoms with van der Waals surface area (Å²) in [5, 5.41) is 4.59. The number of hydrogen-bond acceptors (Lipinski definition) is 3. The molecule has 0 saturated carbocycles. The van der Waals surface area contributed by atoms with E-state index in [-0.39, 0.29) is 0 Å². The molecule has 0 aliphatic carbocycles. The van der Waals surface area contributed by atoms with Crippen molar-refractivity contribution in [2.45, 2.75) is 18.9 Å². The fourth-order valence-electron chi connectivity index (χ4n) is 2.16. The summed E-state index contributed by atoms with van der Waals surface area (Å²) in [6.07, 6.45) is 3.88. The zero-order chi connectivity index (χ0) is 12.4. The lowest BCUT2D eigenvalue weighted by Gasteiger charge is -2.21. The predicted molar refractivity (Wildman–Crippen MR) is 77.3 cm³/mol. The van der Waals surface area contributed by atoms with E-state index < -0.39 is 0 Å². The summed E-state index contributed by atoms with van der Waals surface area (Å²) in [7, 11) is 0. The van der Waals surface area contributed by atoms with E-state index in [0.717, 1.165) is 37.4 Å². The van der Waals surface area contributed by atoms with Gasteiger partial charge in [-0.1, -0.05) is 12.1 Å². The number of benzene rings is 1. The van der Waals surface area contributed by atoms with Crippen molar-refractivity contribution < 1.29 is 4.74 Å². The van der Waals surface area contributed by atoms with Gasteiger partial charge in [-0.05, 0) is 47.6 Å². The summed E-state index contributed by atoms with van der Waals surface area (Å²) in [5.74, 6) is 0.806. The van der Waals surface area contributed by atoms with Gasteiger partial charge in [-0.3, -0.25) is 0 Å². The number of rotatable bonds is 2. The molecule has 0 spiro atoms. The van der Waals surface area contributed by atoms with Crippen LogP contribution in [-0.2, 0) is 4.74 Å². The lowest BCUT2D eigenvalue weighted by Crippen LogP contribution is -2.19. The summed E-state index contributed by atoms with van der Waals surface area (Å²) in [4.78, 5) is 4.41. The fourth-order valence-corrected chi connectivity index (χ4v) is 2.70.